The van der Waals surface area contributed by atoms with Crippen LogP contribution in [0.2, 0.25) is 0 Å². The number of anilines is 1. The molecule has 0 aliphatic heterocycles. The van der Waals surface area contributed by atoms with Crippen molar-refractivity contribution < 1.29 is 9.53 Å². The van der Waals surface area contributed by atoms with Gasteiger partial charge in [0.05, 0.1) is 12.2 Å². The predicted molar refractivity (Wildman–Crippen MR) is 64.2 cm³/mol. The first kappa shape index (κ1) is 12.0. The fourth-order valence-electron chi connectivity index (χ4n) is 1.43. The molecule has 1 aromatic heterocycles. The van der Waals surface area contributed by atoms with Gasteiger partial charge in [-0.05, 0) is 18.8 Å². The summed E-state index contributed by atoms with van der Waals surface area (Å²) in [5.74, 6) is 1.41. The van der Waals surface area contributed by atoms with Gasteiger partial charge in [0, 0.05) is 32.6 Å². The van der Waals surface area contributed by atoms with Crippen molar-refractivity contribution in [2.45, 2.75) is 12.8 Å². The summed E-state index contributed by atoms with van der Waals surface area (Å²) in [6.07, 6.45) is 6.41. The van der Waals surface area contributed by atoms with Crippen molar-refractivity contribution in [3.8, 4) is 0 Å². The molecule has 1 fully saturated rings. The van der Waals surface area contributed by atoms with Crippen LogP contribution in [0.1, 0.15) is 23.2 Å². The molecule has 92 valence electrons. The number of hydrogen-bond donors (Lipinski definition) is 0. The molecule has 5 nitrogen and oxygen atoms in total. The molecule has 17 heavy (non-hydrogen) atoms. The second-order valence-corrected chi connectivity index (χ2v) is 4.37. The molecule has 1 saturated carbocycles. The molecule has 0 unspecified atom stereocenters. The van der Waals surface area contributed by atoms with E-state index in [1.54, 1.807) is 0 Å². The second kappa shape index (κ2) is 5.72. The molecule has 2 rings (SSSR count). The zero-order chi connectivity index (χ0) is 12.1. The Labute approximate surface area is 101 Å². The summed E-state index contributed by atoms with van der Waals surface area (Å²) in [6, 6.07) is 0. The van der Waals surface area contributed by atoms with Gasteiger partial charge in [-0.15, -0.1) is 0 Å². The topological polar surface area (TPSA) is 55.3 Å². The molecule has 0 spiro atoms. The molecule has 1 aliphatic rings. The molecule has 0 bridgehead atoms. The molecule has 1 heterocycles. The van der Waals surface area contributed by atoms with E-state index in [4.69, 9.17) is 4.74 Å². The van der Waals surface area contributed by atoms with Crippen molar-refractivity contribution in [1.82, 2.24) is 9.97 Å². The number of carbonyl (C=O) groups excluding carboxylic acids is 1. The Morgan fingerprint density at radius 2 is 2.18 bits per heavy atom. The Hall–Kier alpha value is -1.49. The van der Waals surface area contributed by atoms with Crippen LogP contribution in [0.25, 0.3) is 0 Å². The van der Waals surface area contributed by atoms with Crippen LogP contribution < -0.4 is 4.90 Å². The summed E-state index contributed by atoms with van der Waals surface area (Å²) in [4.78, 5) is 20.6. The molecule has 0 saturated heterocycles. The van der Waals surface area contributed by atoms with Crippen LogP contribution >= 0.6 is 0 Å². The van der Waals surface area contributed by atoms with Gasteiger partial charge in [-0.25, -0.2) is 9.97 Å². The Balaban J connectivity index is 1.72. The van der Waals surface area contributed by atoms with Crippen molar-refractivity contribution in [3.63, 3.8) is 0 Å². The van der Waals surface area contributed by atoms with Gasteiger partial charge in [0.2, 0.25) is 5.95 Å². The fraction of sp³-hybridized carbons (Fsp3) is 0.583. The van der Waals surface area contributed by atoms with E-state index in [9.17, 15) is 4.79 Å². The quantitative estimate of drug-likeness (QED) is 0.524. The third-order valence-corrected chi connectivity index (χ3v) is 2.76. The highest BCUT2D eigenvalue weighted by Gasteiger charge is 2.20. The van der Waals surface area contributed by atoms with Crippen molar-refractivity contribution in [3.05, 3.63) is 18.0 Å². The minimum Gasteiger partial charge on any atom is -0.379 e. The number of hydrogen-bond acceptors (Lipinski definition) is 5. The number of carbonyl (C=O) groups is 1. The third-order valence-electron chi connectivity index (χ3n) is 2.76. The molecule has 1 aliphatic carbocycles. The van der Waals surface area contributed by atoms with E-state index in [2.05, 4.69) is 9.97 Å². The standard InChI is InChI=1S/C12H17N3O2/c1-15(4-5-17-9-10-2-3-10)12-13-6-11(8-16)7-14-12/h6-8,10H,2-5,9H2,1H3. The first-order valence-electron chi connectivity index (χ1n) is 5.85. The fourth-order valence-corrected chi connectivity index (χ4v) is 1.43. The van der Waals surface area contributed by atoms with Gasteiger partial charge >= 0.3 is 0 Å². The van der Waals surface area contributed by atoms with Crippen LogP contribution in [-0.4, -0.2) is 43.1 Å². The summed E-state index contributed by atoms with van der Waals surface area (Å²) < 4.78 is 5.54. The lowest BCUT2D eigenvalue weighted by atomic mass is 10.4. The van der Waals surface area contributed by atoms with Crippen LogP contribution in [-0.2, 0) is 4.74 Å². The first-order chi connectivity index (χ1) is 8.29. The predicted octanol–water partition coefficient (Wildman–Crippen LogP) is 1.15. The van der Waals surface area contributed by atoms with E-state index >= 15 is 0 Å². The smallest absolute Gasteiger partial charge is 0.225 e. The van der Waals surface area contributed by atoms with Crippen LogP contribution in [0.15, 0.2) is 12.4 Å². The summed E-state index contributed by atoms with van der Waals surface area (Å²) in [7, 11) is 1.91. The van der Waals surface area contributed by atoms with Crippen LogP contribution in [0.4, 0.5) is 5.95 Å². The zero-order valence-corrected chi connectivity index (χ0v) is 10.0. The molecule has 0 amide bonds. The van der Waals surface area contributed by atoms with Crippen LogP contribution in [0.5, 0.6) is 0 Å². The zero-order valence-electron chi connectivity index (χ0n) is 10.0. The average Bonchev–Trinajstić information content (AvgIpc) is 3.18. The highest BCUT2D eigenvalue weighted by molar-refractivity contribution is 5.73. The highest BCUT2D eigenvalue weighted by Crippen LogP contribution is 2.28. The third kappa shape index (κ3) is 3.78. The van der Waals surface area contributed by atoms with Gasteiger partial charge in [0.1, 0.15) is 0 Å². The van der Waals surface area contributed by atoms with Crippen molar-refractivity contribution in [1.29, 1.82) is 0 Å². The normalized spacial score (nSPS) is 14.6. The summed E-state index contributed by atoms with van der Waals surface area (Å²) in [6.45, 7) is 2.32. The van der Waals surface area contributed by atoms with Gasteiger partial charge in [0.25, 0.3) is 0 Å². The van der Waals surface area contributed by atoms with E-state index in [0.29, 0.717) is 18.1 Å². The SMILES string of the molecule is CN(CCOCC1CC1)c1ncc(C=O)cn1. The van der Waals surface area contributed by atoms with Gasteiger partial charge < -0.3 is 9.64 Å². The number of rotatable bonds is 7. The summed E-state index contributed by atoms with van der Waals surface area (Å²) in [5, 5.41) is 0. The summed E-state index contributed by atoms with van der Waals surface area (Å²) in [5.41, 5.74) is 0.493. The maximum absolute atomic E-state index is 10.5. The number of aromatic nitrogens is 2. The molecule has 1 aromatic rings. The Bertz CT molecular complexity index is 363. The largest absolute Gasteiger partial charge is 0.379 e. The molecular weight excluding hydrogens is 218 g/mol. The lowest BCUT2D eigenvalue weighted by Gasteiger charge is -2.16. The molecule has 0 radical (unpaired) electrons. The lowest BCUT2D eigenvalue weighted by molar-refractivity contribution is 0.112. The number of nitrogens with zero attached hydrogens (tertiary/aromatic N) is 3. The van der Waals surface area contributed by atoms with Crippen molar-refractivity contribution in [2.24, 2.45) is 5.92 Å². The van der Waals surface area contributed by atoms with E-state index in [-0.39, 0.29) is 0 Å². The number of ether oxygens (including phenoxy) is 1. The highest BCUT2D eigenvalue weighted by atomic mass is 16.5. The van der Waals surface area contributed by atoms with E-state index in [1.807, 2.05) is 11.9 Å². The van der Waals surface area contributed by atoms with Gasteiger partial charge in [-0.2, -0.15) is 0 Å². The molecule has 5 heteroatoms. The van der Waals surface area contributed by atoms with E-state index < -0.39 is 0 Å². The van der Waals surface area contributed by atoms with Crippen LogP contribution in [0.3, 0.4) is 0 Å². The second-order valence-electron chi connectivity index (χ2n) is 4.37. The minimum absolute atomic E-state index is 0.493. The molecule has 0 aromatic carbocycles. The van der Waals surface area contributed by atoms with E-state index in [1.165, 1.54) is 25.2 Å². The average molecular weight is 235 g/mol. The van der Waals surface area contributed by atoms with Crippen molar-refractivity contribution >= 4 is 12.2 Å². The number of aldehydes is 1. The maximum Gasteiger partial charge on any atom is 0.225 e. The minimum atomic E-state index is 0.493. The monoisotopic (exact) mass is 235 g/mol. The van der Waals surface area contributed by atoms with E-state index in [0.717, 1.165) is 25.4 Å². The Morgan fingerprint density at radius 3 is 2.76 bits per heavy atom. The molecular formula is C12H17N3O2. The summed E-state index contributed by atoms with van der Waals surface area (Å²) >= 11 is 0. The first-order valence-corrected chi connectivity index (χ1v) is 5.85. The Kier molecular flexibility index (Phi) is 4.03. The molecule has 0 atom stereocenters. The van der Waals surface area contributed by atoms with Gasteiger partial charge in [-0.1, -0.05) is 0 Å². The van der Waals surface area contributed by atoms with Gasteiger partial charge in [0.15, 0.2) is 6.29 Å². The number of likely N-dealkylation sites (N-methyl/N-ethyl adjacent to an activating group) is 1. The maximum atomic E-state index is 10.5. The lowest BCUT2D eigenvalue weighted by Crippen LogP contribution is -2.24. The van der Waals surface area contributed by atoms with Gasteiger partial charge in [-0.3, -0.25) is 4.79 Å². The van der Waals surface area contributed by atoms with Crippen LogP contribution in [0, 0.1) is 5.92 Å². The Morgan fingerprint density at radius 1 is 1.47 bits per heavy atom. The molecule has 0 N–H and O–H groups in total. The van der Waals surface area contributed by atoms with Crippen molar-refractivity contribution in [2.75, 3.05) is 31.7 Å².